The normalized spacial score (nSPS) is 53.8. The van der Waals surface area contributed by atoms with E-state index in [4.69, 9.17) is 9.47 Å². The first-order valence-electron chi connectivity index (χ1n) is 11.2. The van der Waals surface area contributed by atoms with Crippen LogP contribution in [0.15, 0.2) is 0 Å². The zero-order valence-electron chi connectivity index (χ0n) is 17.1. The van der Waals surface area contributed by atoms with Crippen LogP contribution < -0.4 is 0 Å². The van der Waals surface area contributed by atoms with E-state index in [-0.39, 0.29) is 17.5 Å². The van der Waals surface area contributed by atoms with E-state index < -0.39 is 0 Å². The molecule has 0 amide bonds. The summed E-state index contributed by atoms with van der Waals surface area (Å²) in [4.78, 5) is 12.8. The molecule has 5 rings (SSSR count). The van der Waals surface area contributed by atoms with E-state index in [1.54, 1.807) is 0 Å². The highest BCUT2D eigenvalue weighted by Crippen LogP contribution is 2.74. The Morgan fingerprint density at radius 1 is 0.885 bits per heavy atom. The first kappa shape index (κ1) is 17.5. The summed E-state index contributed by atoms with van der Waals surface area (Å²) in [7, 11) is 0. The fourth-order valence-corrected chi connectivity index (χ4v) is 8.55. The van der Waals surface area contributed by atoms with E-state index in [0.29, 0.717) is 18.1 Å². The number of fused-ring (bicyclic) bond motifs is 12. The van der Waals surface area contributed by atoms with Crippen LogP contribution in [0.4, 0.5) is 0 Å². The SMILES string of the molecule is CCC1OC(CC)C2C3CC(C4C5CC(C(=O)OC(C)(C)C)C(C5)C34)C12. The molecule has 1 heterocycles. The van der Waals surface area contributed by atoms with Crippen molar-refractivity contribution in [3.63, 3.8) is 0 Å². The number of carbonyl (C=O) groups excluding carboxylic acids is 1. The van der Waals surface area contributed by atoms with Gasteiger partial charge in [-0.3, -0.25) is 4.79 Å². The number of hydrogen-bond donors (Lipinski definition) is 0. The lowest BCUT2D eigenvalue weighted by Gasteiger charge is -2.44. The van der Waals surface area contributed by atoms with Crippen molar-refractivity contribution in [1.82, 2.24) is 0 Å². The average molecular weight is 361 g/mol. The smallest absolute Gasteiger partial charge is 0.309 e. The van der Waals surface area contributed by atoms with Gasteiger partial charge in [0.1, 0.15) is 5.60 Å². The summed E-state index contributed by atoms with van der Waals surface area (Å²) in [6, 6.07) is 0. The Labute approximate surface area is 158 Å². The van der Waals surface area contributed by atoms with E-state index in [2.05, 4.69) is 13.8 Å². The van der Waals surface area contributed by atoms with Crippen molar-refractivity contribution in [2.24, 2.45) is 53.3 Å². The number of esters is 1. The molecule has 3 nitrogen and oxygen atoms in total. The molecule has 11 atom stereocenters. The molecule has 4 saturated carbocycles. The molecule has 4 aliphatic carbocycles. The summed E-state index contributed by atoms with van der Waals surface area (Å²) in [5.41, 5.74) is -0.362. The van der Waals surface area contributed by atoms with E-state index in [1.165, 1.54) is 19.3 Å². The van der Waals surface area contributed by atoms with Crippen LogP contribution in [0.2, 0.25) is 0 Å². The first-order valence-corrected chi connectivity index (χ1v) is 11.2. The molecule has 3 heteroatoms. The van der Waals surface area contributed by atoms with Crippen molar-refractivity contribution in [3.8, 4) is 0 Å². The Bertz CT molecular complexity index is 593. The van der Waals surface area contributed by atoms with Gasteiger partial charge in [0, 0.05) is 0 Å². The second kappa shape index (κ2) is 5.72. The first-order chi connectivity index (χ1) is 12.3. The highest BCUT2D eigenvalue weighted by atomic mass is 16.6. The molecule has 5 aliphatic rings. The van der Waals surface area contributed by atoms with Crippen LogP contribution in [0.25, 0.3) is 0 Å². The van der Waals surface area contributed by atoms with Crippen LogP contribution in [-0.4, -0.2) is 23.8 Å². The van der Waals surface area contributed by atoms with Crippen molar-refractivity contribution in [1.29, 1.82) is 0 Å². The molecule has 0 aromatic heterocycles. The number of rotatable bonds is 3. The van der Waals surface area contributed by atoms with Crippen LogP contribution >= 0.6 is 0 Å². The molecule has 4 bridgehead atoms. The fourth-order valence-electron chi connectivity index (χ4n) is 8.55. The summed E-state index contributed by atoms with van der Waals surface area (Å²) in [6.45, 7) is 10.6. The van der Waals surface area contributed by atoms with E-state index in [1.807, 2.05) is 20.8 Å². The van der Waals surface area contributed by atoms with Crippen LogP contribution in [0, 0.1) is 53.3 Å². The summed E-state index contributed by atoms with van der Waals surface area (Å²) >= 11 is 0. The highest BCUT2D eigenvalue weighted by molar-refractivity contribution is 5.74. The van der Waals surface area contributed by atoms with E-state index in [0.717, 1.165) is 54.3 Å². The van der Waals surface area contributed by atoms with Gasteiger partial charge in [0.15, 0.2) is 0 Å². The second-order valence-electron chi connectivity index (χ2n) is 10.9. The molecular formula is C23H36O3. The van der Waals surface area contributed by atoms with Crippen molar-refractivity contribution in [3.05, 3.63) is 0 Å². The molecule has 0 spiro atoms. The average Bonchev–Trinajstić information content (AvgIpc) is 3.33. The topological polar surface area (TPSA) is 35.5 Å². The molecule has 0 radical (unpaired) electrons. The monoisotopic (exact) mass is 360 g/mol. The minimum Gasteiger partial charge on any atom is -0.460 e. The maximum absolute atomic E-state index is 12.8. The Balaban J connectivity index is 1.39. The zero-order valence-corrected chi connectivity index (χ0v) is 17.1. The maximum Gasteiger partial charge on any atom is 0.309 e. The molecule has 0 aromatic carbocycles. The third-order valence-electron chi connectivity index (χ3n) is 8.82. The third kappa shape index (κ3) is 2.25. The van der Waals surface area contributed by atoms with Gasteiger partial charge in [-0.15, -0.1) is 0 Å². The summed E-state index contributed by atoms with van der Waals surface area (Å²) in [5, 5.41) is 0. The van der Waals surface area contributed by atoms with Gasteiger partial charge in [-0.05, 0) is 100 Å². The van der Waals surface area contributed by atoms with E-state index in [9.17, 15) is 4.79 Å². The lowest BCUT2D eigenvalue weighted by Crippen LogP contribution is -2.44. The summed E-state index contributed by atoms with van der Waals surface area (Å²) < 4.78 is 12.3. The maximum atomic E-state index is 12.8. The predicted octanol–water partition coefficient (Wildman–Crippen LogP) is 4.69. The van der Waals surface area contributed by atoms with Gasteiger partial charge in [-0.2, -0.15) is 0 Å². The molecule has 1 aliphatic heterocycles. The van der Waals surface area contributed by atoms with Gasteiger partial charge in [-0.1, -0.05) is 13.8 Å². The molecule has 5 fully saturated rings. The zero-order chi connectivity index (χ0) is 18.4. The molecule has 146 valence electrons. The Kier molecular flexibility index (Phi) is 3.85. The molecule has 26 heavy (non-hydrogen) atoms. The van der Waals surface area contributed by atoms with E-state index >= 15 is 0 Å². The second-order valence-corrected chi connectivity index (χ2v) is 10.9. The Morgan fingerprint density at radius 2 is 1.50 bits per heavy atom. The number of carbonyl (C=O) groups is 1. The van der Waals surface area contributed by atoms with Gasteiger partial charge in [-0.25, -0.2) is 0 Å². The molecule has 0 N–H and O–H groups in total. The van der Waals surface area contributed by atoms with Crippen molar-refractivity contribution in [2.75, 3.05) is 0 Å². The van der Waals surface area contributed by atoms with Gasteiger partial charge >= 0.3 is 5.97 Å². The van der Waals surface area contributed by atoms with Crippen LogP contribution in [0.5, 0.6) is 0 Å². The molecule has 1 saturated heterocycles. The summed E-state index contributed by atoms with van der Waals surface area (Å²) in [6.07, 6.45) is 7.11. The minimum atomic E-state index is -0.362. The Morgan fingerprint density at radius 3 is 2.08 bits per heavy atom. The predicted molar refractivity (Wildman–Crippen MR) is 100 cm³/mol. The number of ether oxygens (including phenoxy) is 2. The van der Waals surface area contributed by atoms with Gasteiger partial charge in [0.25, 0.3) is 0 Å². The number of hydrogen-bond acceptors (Lipinski definition) is 3. The van der Waals surface area contributed by atoms with Crippen molar-refractivity contribution in [2.45, 2.75) is 84.5 Å². The largest absolute Gasteiger partial charge is 0.460 e. The highest BCUT2D eigenvalue weighted by Gasteiger charge is 2.71. The van der Waals surface area contributed by atoms with Crippen molar-refractivity contribution >= 4 is 5.97 Å². The molecule has 0 aromatic rings. The van der Waals surface area contributed by atoms with Crippen LogP contribution in [-0.2, 0) is 14.3 Å². The van der Waals surface area contributed by atoms with Gasteiger partial charge < -0.3 is 9.47 Å². The summed E-state index contributed by atoms with van der Waals surface area (Å²) in [5.74, 6) is 6.58. The molecular weight excluding hydrogens is 324 g/mol. The van der Waals surface area contributed by atoms with Gasteiger partial charge in [0.2, 0.25) is 0 Å². The van der Waals surface area contributed by atoms with Crippen LogP contribution in [0.1, 0.15) is 66.7 Å². The standard InChI is InChI=1S/C23H36O3/c1-6-16-20-14-10-15(21(20)17(7-2)25-16)19-12-8-11(18(14)19)9-13(12)22(24)26-23(3,4)5/h11-21H,6-10H2,1-5H3. The third-order valence-corrected chi connectivity index (χ3v) is 8.82. The van der Waals surface area contributed by atoms with Crippen LogP contribution in [0.3, 0.4) is 0 Å². The lowest BCUT2D eigenvalue weighted by molar-refractivity contribution is -0.164. The lowest BCUT2D eigenvalue weighted by atomic mass is 9.60. The quantitative estimate of drug-likeness (QED) is 0.541. The fraction of sp³-hybridized carbons (Fsp3) is 0.957. The Hall–Kier alpha value is -0.570. The minimum absolute atomic E-state index is 0.0870. The molecule has 11 unspecified atom stereocenters. The van der Waals surface area contributed by atoms with Crippen molar-refractivity contribution < 1.29 is 14.3 Å². The van der Waals surface area contributed by atoms with Gasteiger partial charge in [0.05, 0.1) is 18.1 Å².